The van der Waals surface area contributed by atoms with Gasteiger partial charge < -0.3 is 10.2 Å². The van der Waals surface area contributed by atoms with Gasteiger partial charge in [0.1, 0.15) is 0 Å². The minimum atomic E-state index is 0.0744. The summed E-state index contributed by atoms with van der Waals surface area (Å²) in [6, 6.07) is 8.28. The van der Waals surface area contributed by atoms with Crippen LogP contribution in [0.3, 0.4) is 0 Å². The van der Waals surface area contributed by atoms with Crippen LogP contribution in [0.15, 0.2) is 24.3 Å². The van der Waals surface area contributed by atoms with Crippen LogP contribution in [-0.4, -0.2) is 31.0 Å². The van der Waals surface area contributed by atoms with Crippen LogP contribution in [-0.2, 0) is 4.79 Å². The lowest BCUT2D eigenvalue weighted by atomic mass is 9.95. The lowest BCUT2D eigenvalue weighted by Gasteiger charge is -2.35. The fourth-order valence-electron chi connectivity index (χ4n) is 3.42. The number of hydrogen-bond acceptors (Lipinski definition) is 3. The molecule has 1 saturated heterocycles. The number of aryl methyl sites for hydroxylation is 1. The molecule has 1 amide bonds. The third-order valence-corrected chi connectivity index (χ3v) is 4.70. The quantitative estimate of drug-likeness (QED) is 0.927. The monoisotopic (exact) mass is 297 g/mol. The zero-order valence-electron chi connectivity index (χ0n) is 13.5. The van der Waals surface area contributed by atoms with E-state index in [0.717, 1.165) is 37.1 Å². The summed E-state index contributed by atoms with van der Waals surface area (Å²) in [5, 5.41) is 3.98. The number of nitrogens with zero attached hydrogens (tertiary/aromatic N) is 2. The Balaban J connectivity index is 2.05. The first-order valence-corrected chi connectivity index (χ1v) is 7.94. The second-order valence-corrected chi connectivity index (χ2v) is 6.09. The van der Waals surface area contributed by atoms with Crippen molar-refractivity contribution in [3.8, 4) is 0 Å². The Hall–Kier alpha value is -2.10. The first kappa shape index (κ1) is 14.8. The summed E-state index contributed by atoms with van der Waals surface area (Å²) in [6.07, 6.45) is 2.02. The first-order valence-electron chi connectivity index (χ1n) is 7.94. The molecule has 4 nitrogen and oxygen atoms in total. The number of hydrogen-bond donors (Lipinski definition) is 1. The first-order chi connectivity index (χ1) is 10.6. The van der Waals surface area contributed by atoms with E-state index >= 15 is 0 Å². The lowest BCUT2D eigenvalue weighted by Crippen LogP contribution is -2.42. The summed E-state index contributed by atoms with van der Waals surface area (Å²) < 4.78 is 0. The van der Waals surface area contributed by atoms with Gasteiger partial charge in [0.25, 0.3) is 0 Å². The Labute approximate surface area is 131 Å². The number of anilines is 1. The maximum absolute atomic E-state index is 12.0. The van der Waals surface area contributed by atoms with Crippen LogP contribution in [0.5, 0.6) is 0 Å². The molecule has 1 aromatic heterocycles. The summed E-state index contributed by atoms with van der Waals surface area (Å²) in [7, 11) is 1.72. The topological polar surface area (TPSA) is 45.2 Å². The second kappa shape index (κ2) is 5.95. The van der Waals surface area contributed by atoms with E-state index in [4.69, 9.17) is 4.98 Å². The number of benzene rings is 1. The van der Waals surface area contributed by atoms with Crippen LogP contribution in [0.25, 0.3) is 10.9 Å². The number of pyridine rings is 1. The number of piperidine rings is 1. The molecule has 1 aliphatic rings. The fraction of sp³-hybridized carbons (Fsp3) is 0.444. The molecule has 116 valence electrons. The zero-order chi connectivity index (χ0) is 15.7. The fourth-order valence-corrected chi connectivity index (χ4v) is 3.42. The molecule has 0 spiro atoms. The minimum Gasteiger partial charge on any atom is -0.370 e. The van der Waals surface area contributed by atoms with Crippen LogP contribution in [0.2, 0.25) is 0 Å². The SMILES string of the molecule is CNC(=O)C1CCCN(c2c(C)c(C)nc3ccccc23)C1. The van der Waals surface area contributed by atoms with Gasteiger partial charge in [0.2, 0.25) is 5.91 Å². The molecule has 1 N–H and O–H groups in total. The van der Waals surface area contributed by atoms with Gasteiger partial charge in [0.15, 0.2) is 0 Å². The van der Waals surface area contributed by atoms with Gasteiger partial charge in [-0.2, -0.15) is 0 Å². The van der Waals surface area contributed by atoms with Gasteiger partial charge in [-0.1, -0.05) is 18.2 Å². The van der Waals surface area contributed by atoms with E-state index in [1.165, 1.54) is 16.6 Å². The van der Waals surface area contributed by atoms with Crippen molar-refractivity contribution in [3.63, 3.8) is 0 Å². The van der Waals surface area contributed by atoms with Gasteiger partial charge in [0, 0.05) is 31.2 Å². The Kier molecular flexibility index (Phi) is 4.01. The molecule has 0 aliphatic carbocycles. The molecule has 3 rings (SSSR count). The van der Waals surface area contributed by atoms with Gasteiger partial charge in [0.05, 0.1) is 17.1 Å². The highest BCUT2D eigenvalue weighted by Gasteiger charge is 2.27. The zero-order valence-corrected chi connectivity index (χ0v) is 13.5. The van der Waals surface area contributed by atoms with Gasteiger partial charge in [-0.15, -0.1) is 0 Å². The van der Waals surface area contributed by atoms with Crippen molar-refractivity contribution in [2.45, 2.75) is 26.7 Å². The standard InChI is InChI=1S/C18H23N3O/c1-12-13(2)20-16-9-5-4-8-15(16)17(12)21-10-6-7-14(11-21)18(22)19-3/h4-5,8-9,14H,6-7,10-11H2,1-3H3,(H,19,22). The third-order valence-electron chi connectivity index (χ3n) is 4.70. The van der Waals surface area contributed by atoms with Crippen molar-refractivity contribution >= 4 is 22.5 Å². The van der Waals surface area contributed by atoms with Gasteiger partial charge >= 0.3 is 0 Å². The summed E-state index contributed by atoms with van der Waals surface area (Å²) in [5.74, 6) is 0.225. The maximum Gasteiger partial charge on any atom is 0.224 e. The Morgan fingerprint density at radius 3 is 2.86 bits per heavy atom. The van der Waals surface area contributed by atoms with Crippen molar-refractivity contribution in [3.05, 3.63) is 35.5 Å². The molecule has 2 aromatic rings. The number of carbonyl (C=O) groups is 1. The molecule has 0 bridgehead atoms. The van der Waals surface area contributed by atoms with Crippen molar-refractivity contribution in [2.24, 2.45) is 5.92 Å². The Bertz CT molecular complexity index is 711. The Morgan fingerprint density at radius 1 is 1.32 bits per heavy atom. The van der Waals surface area contributed by atoms with E-state index in [1.54, 1.807) is 7.05 Å². The molecule has 0 radical (unpaired) electrons. The van der Waals surface area contributed by atoms with Gasteiger partial charge in [-0.25, -0.2) is 0 Å². The highest BCUT2D eigenvalue weighted by atomic mass is 16.1. The normalized spacial score (nSPS) is 18.5. The molecule has 1 fully saturated rings. The highest BCUT2D eigenvalue weighted by Crippen LogP contribution is 2.33. The number of rotatable bonds is 2. The van der Waals surface area contributed by atoms with E-state index in [2.05, 4.69) is 42.3 Å². The number of aromatic nitrogens is 1. The predicted molar refractivity (Wildman–Crippen MR) is 90.2 cm³/mol. The molecule has 22 heavy (non-hydrogen) atoms. The molecular weight excluding hydrogens is 274 g/mol. The van der Waals surface area contributed by atoms with Crippen LogP contribution >= 0.6 is 0 Å². The minimum absolute atomic E-state index is 0.0744. The molecule has 0 saturated carbocycles. The average molecular weight is 297 g/mol. The summed E-state index contributed by atoms with van der Waals surface area (Å²) in [4.78, 5) is 19.1. The average Bonchev–Trinajstić information content (AvgIpc) is 2.55. The Morgan fingerprint density at radius 2 is 2.09 bits per heavy atom. The predicted octanol–water partition coefficient (Wildman–Crippen LogP) is 2.81. The number of amides is 1. The van der Waals surface area contributed by atoms with E-state index in [9.17, 15) is 4.79 Å². The number of fused-ring (bicyclic) bond motifs is 1. The van der Waals surface area contributed by atoms with Crippen LogP contribution in [0.1, 0.15) is 24.1 Å². The van der Waals surface area contributed by atoms with Gasteiger partial charge in [-0.05, 0) is 38.3 Å². The van der Waals surface area contributed by atoms with Crippen molar-refractivity contribution in [1.29, 1.82) is 0 Å². The summed E-state index contributed by atoms with van der Waals surface area (Å²) in [6.45, 7) is 5.98. The molecule has 2 heterocycles. The van der Waals surface area contributed by atoms with Gasteiger partial charge in [-0.3, -0.25) is 9.78 Å². The van der Waals surface area contributed by atoms with E-state index in [-0.39, 0.29) is 11.8 Å². The molecule has 1 aliphatic heterocycles. The number of nitrogens with one attached hydrogen (secondary N) is 1. The highest BCUT2D eigenvalue weighted by molar-refractivity contribution is 5.94. The molecule has 4 heteroatoms. The maximum atomic E-state index is 12.0. The van der Waals surface area contributed by atoms with Crippen molar-refractivity contribution in [1.82, 2.24) is 10.3 Å². The molecule has 1 aromatic carbocycles. The van der Waals surface area contributed by atoms with Crippen LogP contribution in [0.4, 0.5) is 5.69 Å². The van der Waals surface area contributed by atoms with Crippen LogP contribution in [0, 0.1) is 19.8 Å². The smallest absolute Gasteiger partial charge is 0.224 e. The van der Waals surface area contributed by atoms with Crippen molar-refractivity contribution < 1.29 is 4.79 Å². The number of para-hydroxylation sites is 1. The summed E-state index contributed by atoms with van der Waals surface area (Å²) in [5.41, 5.74) is 4.56. The molecule has 1 atom stereocenters. The van der Waals surface area contributed by atoms with E-state index in [0.29, 0.717) is 0 Å². The van der Waals surface area contributed by atoms with E-state index < -0.39 is 0 Å². The van der Waals surface area contributed by atoms with Crippen molar-refractivity contribution in [2.75, 3.05) is 25.0 Å². The number of carbonyl (C=O) groups excluding carboxylic acids is 1. The van der Waals surface area contributed by atoms with E-state index in [1.807, 2.05) is 6.07 Å². The molecule has 1 unspecified atom stereocenters. The third kappa shape index (κ3) is 2.54. The summed E-state index contributed by atoms with van der Waals surface area (Å²) >= 11 is 0. The lowest BCUT2D eigenvalue weighted by molar-refractivity contribution is -0.124. The second-order valence-electron chi connectivity index (χ2n) is 6.09. The largest absolute Gasteiger partial charge is 0.370 e. The molecular formula is C18H23N3O. The van der Waals surface area contributed by atoms with Crippen LogP contribution < -0.4 is 10.2 Å².